The van der Waals surface area contributed by atoms with Crippen LogP contribution in [0.25, 0.3) is 5.69 Å². The Morgan fingerprint density at radius 2 is 2.06 bits per heavy atom. The average molecular weight is 237 g/mol. The van der Waals surface area contributed by atoms with E-state index in [-0.39, 0.29) is 6.42 Å². The molecule has 16 heavy (non-hydrogen) atoms. The van der Waals surface area contributed by atoms with Gasteiger partial charge in [0.25, 0.3) is 0 Å². The lowest BCUT2D eigenvalue weighted by molar-refractivity contribution is -0.136. The van der Waals surface area contributed by atoms with Gasteiger partial charge in [0.2, 0.25) is 0 Å². The van der Waals surface area contributed by atoms with E-state index in [0.29, 0.717) is 10.7 Å². The van der Waals surface area contributed by atoms with Crippen LogP contribution in [0.1, 0.15) is 5.56 Å². The number of rotatable bonds is 3. The molecule has 0 aliphatic rings. The minimum Gasteiger partial charge on any atom is -0.481 e. The molecule has 0 saturated carbocycles. The summed E-state index contributed by atoms with van der Waals surface area (Å²) >= 11 is 6.04. The molecule has 4 nitrogen and oxygen atoms in total. The Morgan fingerprint density at radius 3 is 2.69 bits per heavy atom. The third-order valence-electron chi connectivity index (χ3n) is 2.12. The Morgan fingerprint density at radius 1 is 1.38 bits per heavy atom. The number of carboxylic acids is 1. The lowest BCUT2D eigenvalue weighted by Gasteiger charge is -2.02. The van der Waals surface area contributed by atoms with Gasteiger partial charge in [-0.05, 0) is 12.1 Å². The number of nitrogens with zero attached hydrogens (tertiary/aromatic N) is 2. The fourth-order valence-electron chi connectivity index (χ4n) is 1.40. The second-order valence-electron chi connectivity index (χ2n) is 3.28. The van der Waals surface area contributed by atoms with Crippen LogP contribution in [-0.2, 0) is 11.2 Å². The molecule has 0 unspecified atom stereocenters. The summed E-state index contributed by atoms with van der Waals surface area (Å²) < 4.78 is 1.51. The van der Waals surface area contributed by atoms with Crippen molar-refractivity contribution in [3.05, 3.63) is 47.2 Å². The maximum absolute atomic E-state index is 10.6. The minimum atomic E-state index is -0.922. The number of hydrogen-bond acceptors (Lipinski definition) is 2. The smallest absolute Gasteiger partial charge is 0.307 e. The van der Waals surface area contributed by atoms with Crippen LogP contribution in [-0.4, -0.2) is 20.9 Å². The van der Waals surface area contributed by atoms with Crippen LogP contribution in [0.3, 0.4) is 0 Å². The molecule has 1 aromatic carbocycles. The van der Waals surface area contributed by atoms with Crippen LogP contribution >= 0.6 is 11.6 Å². The third kappa shape index (κ3) is 2.06. The van der Waals surface area contributed by atoms with Crippen molar-refractivity contribution in [3.8, 4) is 5.69 Å². The Labute approximate surface area is 97.1 Å². The molecule has 0 atom stereocenters. The lowest BCUT2D eigenvalue weighted by atomic mass is 10.2. The Hall–Kier alpha value is -1.81. The van der Waals surface area contributed by atoms with Crippen LogP contribution < -0.4 is 0 Å². The van der Waals surface area contributed by atoms with Crippen molar-refractivity contribution < 1.29 is 9.90 Å². The maximum atomic E-state index is 10.6. The fraction of sp³-hybridized carbons (Fsp3) is 0.0909. The molecule has 1 aromatic heterocycles. The van der Waals surface area contributed by atoms with Gasteiger partial charge >= 0.3 is 5.97 Å². The number of para-hydroxylation sites is 1. The minimum absolute atomic E-state index is 0.119. The largest absolute Gasteiger partial charge is 0.481 e. The highest BCUT2D eigenvalue weighted by Crippen LogP contribution is 2.20. The number of aromatic nitrogens is 2. The van der Waals surface area contributed by atoms with Crippen molar-refractivity contribution in [1.29, 1.82) is 0 Å². The van der Waals surface area contributed by atoms with Gasteiger partial charge in [-0.3, -0.25) is 4.79 Å². The van der Waals surface area contributed by atoms with Gasteiger partial charge in [0.1, 0.15) is 5.15 Å². The van der Waals surface area contributed by atoms with Crippen molar-refractivity contribution in [3.63, 3.8) is 0 Å². The van der Waals surface area contributed by atoms with Gasteiger partial charge < -0.3 is 5.11 Å². The average Bonchev–Trinajstić information content (AvgIpc) is 2.61. The molecule has 0 saturated heterocycles. The van der Waals surface area contributed by atoms with E-state index in [4.69, 9.17) is 16.7 Å². The van der Waals surface area contributed by atoms with Crippen LogP contribution in [0.2, 0.25) is 5.15 Å². The Balaban J connectivity index is 2.37. The van der Waals surface area contributed by atoms with E-state index in [2.05, 4.69) is 5.10 Å². The molecule has 1 N–H and O–H groups in total. The molecule has 2 aromatic rings. The first-order valence-electron chi connectivity index (χ1n) is 4.68. The van der Waals surface area contributed by atoms with E-state index >= 15 is 0 Å². The lowest BCUT2D eigenvalue weighted by Crippen LogP contribution is -2.00. The van der Waals surface area contributed by atoms with Crippen LogP contribution in [0.4, 0.5) is 0 Å². The summed E-state index contributed by atoms with van der Waals surface area (Å²) in [5, 5.41) is 13.1. The standard InChI is InChI=1S/C11H9ClN2O2/c12-11-8(6-10(15)16)7-13-14(11)9-4-2-1-3-5-9/h1-5,7H,6H2,(H,15,16). The van der Waals surface area contributed by atoms with Crippen molar-refractivity contribution in [2.45, 2.75) is 6.42 Å². The van der Waals surface area contributed by atoms with Crippen molar-refractivity contribution in [2.75, 3.05) is 0 Å². The molecule has 0 aliphatic carbocycles. The molecule has 2 rings (SSSR count). The summed E-state index contributed by atoms with van der Waals surface area (Å²) in [5.41, 5.74) is 1.32. The van der Waals surface area contributed by atoms with Crippen LogP contribution in [0.5, 0.6) is 0 Å². The second kappa shape index (κ2) is 4.37. The molecular weight excluding hydrogens is 228 g/mol. The Bertz CT molecular complexity index is 508. The summed E-state index contributed by atoms with van der Waals surface area (Å²) in [5.74, 6) is -0.922. The summed E-state index contributed by atoms with van der Waals surface area (Å²) in [6.07, 6.45) is 1.36. The van der Waals surface area contributed by atoms with E-state index in [1.807, 2.05) is 30.3 Å². The summed E-state index contributed by atoms with van der Waals surface area (Å²) in [6.45, 7) is 0. The molecule has 0 aliphatic heterocycles. The molecule has 0 fully saturated rings. The molecule has 0 spiro atoms. The quantitative estimate of drug-likeness (QED) is 0.889. The zero-order chi connectivity index (χ0) is 11.5. The SMILES string of the molecule is O=C(O)Cc1cnn(-c2ccccc2)c1Cl. The zero-order valence-corrected chi connectivity index (χ0v) is 9.05. The molecule has 82 valence electrons. The van der Waals surface area contributed by atoms with Gasteiger partial charge in [0, 0.05) is 5.56 Å². The molecule has 0 amide bonds. The van der Waals surface area contributed by atoms with Gasteiger partial charge in [0.15, 0.2) is 0 Å². The van der Waals surface area contributed by atoms with Gasteiger partial charge in [-0.1, -0.05) is 29.8 Å². The third-order valence-corrected chi connectivity index (χ3v) is 2.53. The summed E-state index contributed by atoms with van der Waals surface area (Å²) in [7, 11) is 0. The van der Waals surface area contributed by atoms with Gasteiger partial charge in [-0.2, -0.15) is 5.10 Å². The van der Waals surface area contributed by atoms with Crippen molar-refractivity contribution in [1.82, 2.24) is 9.78 Å². The zero-order valence-electron chi connectivity index (χ0n) is 8.30. The number of benzene rings is 1. The fourth-order valence-corrected chi connectivity index (χ4v) is 1.65. The molecule has 0 bridgehead atoms. The molecular formula is C11H9ClN2O2. The summed E-state index contributed by atoms with van der Waals surface area (Å²) in [6, 6.07) is 9.32. The normalized spacial score (nSPS) is 10.3. The second-order valence-corrected chi connectivity index (χ2v) is 3.64. The highest BCUT2D eigenvalue weighted by atomic mass is 35.5. The first-order chi connectivity index (χ1) is 7.68. The Kier molecular flexibility index (Phi) is 2.92. The van der Waals surface area contributed by atoms with Gasteiger partial charge in [0.05, 0.1) is 18.3 Å². The topological polar surface area (TPSA) is 55.1 Å². The van der Waals surface area contributed by atoms with Crippen molar-refractivity contribution in [2.24, 2.45) is 0 Å². The first kappa shape index (κ1) is 10.7. The molecule has 0 radical (unpaired) electrons. The van der Waals surface area contributed by atoms with E-state index in [1.165, 1.54) is 10.9 Å². The first-order valence-corrected chi connectivity index (χ1v) is 5.06. The highest BCUT2D eigenvalue weighted by Gasteiger charge is 2.12. The van der Waals surface area contributed by atoms with E-state index in [9.17, 15) is 4.79 Å². The predicted molar refractivity (Wildman–Crippen MR) is 59.9 cm³/mol. The van der Waals surface area contributed by atoms with E-state index in [0.717, 1.165) is 5.69 Å². The van der Waals surface area contributed by atoms with Crippen molar-refractivity contribution >= 4 is 17.6 Å². The number of carboxylic acid groups (broad SMARTS) is 1. The number of halogens is 1. The maximum Gasteiger partial charge on any atom is 0.307 e. The number of aliphatic carboxylic acids is 1. The van der Waals surface area contributed by atoms with Crippen LogP contribution in [0.15, 0.2) is 36.5 Å². The number of hydrogen-bond donors (Lipinski definition) is 1. The van der Waals surface area contributed by atoms with Crippen LogP contribution in [0, 0.1) is 0 Å². The molecule has 5 heteroatoms. The van der Waals surface area contributed by atoms with Gasteiger partial charge in [-0.15, -0.1) is 0 Å². The predicted octanol–water partition coefficient (Wildman–Crippen LogP) is 2.15. The number of carbonyl (C=O) groups is 1. The molecule has 1 heterocycles. The summed E-state index contributed by atoms with van der Waals surface area (Å²) in [4.78, 5) is 10.6. The highest BCUT2D eigenvalue weighted by molar-refractivity contribution is 6.30. The monoisotopic (exact) mass is 236 g/mol. The van der Waals surface area contributed by atoms with E-state index < -0.39 is 5.97 Å². The van der Waals surface area contributed by atoms with E-state index in [1.54, 1.807) is 0 Å². The van der Waals surface area contributed by atoms with Gasteiger partial charge in [-0.25, -0.2) is 4.68 Å².